The molecule has 2 aromatic heterocycles. The van der Waals surface area contributed by atoms with Crippen LogP contribution < -0.4 is 19.7 Å². The highest BCUT2D eigenvalue weighted by Gasteiger charge is 2.24. The molecule has 9 heteroatoms. The molecule has 0 unspecified atom stereocenters. The second-order valence-corrected chi connectivity index (χ2v) is 7.00. The van der Waals surface area contributed by atoms with E-state index in [4.69, 9.17) is 9.47 Å². The van der Waals surface area contributed by atoms with Gasteiger partial charge in [-0.25, -0.2) is 4.98 Å². The van der Waals surface area contributed by atoms with Gasteiger partial charge in [-0.3, -0.25) is 4.79 Å². The van der Waals surface area contributed by atoms with Crippen molar-refractivity contribution in [2.24, 2.45) is 0 Å². The lowest BCUT2D eigenvalue weighted by Gasteiger charge is -2.35. The normalized spacial score (nSPS) is 13.6. The molecule has 1 N–H and O–H groups in total. The molecular weight excluding hydrogens is 396 g/mol. The number of anilines is 3. The zero-order chi connectivity index (χ0) is 21.6. The molecule has 0 bridgehead atoms. The Bertz CT molecular complexity index is 999. The number of rotatable bonds is 6. The summed E-state index contributed by atoms with van der Waals surface area (Å²) in [5.41, 5.74) is 0.550. The molecular formula is C22H24N6O3. The van der Waals surface area contributed by atoms with Crippen molar-refractivity contribution >= 4 is 23.4 Å². The Hall–Kier alpha value is -3.88. The topological polar surface area (TPSA) is 92.7 Å². The molecule has 0 spiro atoms. The van der Waals surface area contributed by atoms with Gasteiger partial charge in [0.25, 0.3) is 5.91 Å². The molecule has 1 fully saturated rings. The molecule has 3 heterocycles. The molecule has 3 aromatic rings. The minimum Gasteiger partial charge on any atom is -0.497 e. The fourth-order valence-corrected chi connectivity index (χ4v) is 3.38. The van der Waals surface area contributed by atoms with E-state index in [0.29, 0.717) is 54.9 Å². The minimum atomic E-state index is -0.0437. The maximum absolute atomic E-state index is 13.0. The first-order chi connectivity index (χ1) is 15.2. The van der Waals surface area contributed by atoms with E-state index in [0.717, 1.165) is 5.82 Å². The van der Waals surface area contributed by atoms with Gasteiger partial charge in [0.1, 0.15) is 17.3 Å². The number of nitrogens with one attached hydrogen (secondary N) is 1. The monoisotopic (exact) mass is 420 g/mol. The van der Waals surface area contributed by atoms with Crippen LogP contribution in [0.3, 0.4) is 0 Å². The molecule has 0 aliphatic carbocycles. The molecule has 1 aliphatic rings. The quantitative estimate of drug-likeness (QED) is 0.651. The first-order valence-electron chi connectivity index (χ1n) is 9.95. The van der Waals surface area contributed by atoms with Crippen LogP contribution in [-0.2, 0) is 0 Å². The molecule has 31 heavy (non-hydrogen) atoms. The van der Waals surface area contributed by atoms with Gasteiger partial charge in [0.2, 0.25) is 0 Å². The minimum absolute atomic E-state index is 0.0437. The summed E-state index contributed by atoms with van der Waals surface area (Å²) in [4.78, 5) is 21.1. The third kappa shape index (κ3) is 4.82. The first kappa shape index (κ1) is 20.4. The number of ether oxygens (including phenoxy) is 2. The average Bonchev–Trinajstić information content (AvgIpc) is 2.84. The van der Waals surface area contributed by atoms with Crippen molar-refractivity contribution in [1.29, 1.82) is 0 Å². The third-order valence-corrected chi connectivity index (χ3v) is 5.06. The van der Waals surface area contributed by atoms with Crippen molar-refractivity contribution in [3.05, 3.63) is 60.3 Å². The van der Waals surface area contributed by atoms with Crippen molar-refractivity contribution in [3.8, 4) is 11.5 Å². The van der Waals surface area contributed by atoms with Gasteiger partial charge in [0.05, 0.1) is 14.2 Å². The van der Waals surface area contributed by atoms with Gasteiger partial charge in [0, 0.05) is 44.0 Å². The fourth-order valence-electron chi connectivity index (χ4n) is 3.38. The van der Waals surface area contributed by atoms with E-state index in [-0.39, 0.29) is 5.91 Å². The van der Waals surface area contributed by atoms with Gasteiger partial charge in [-0.05, 0) is 36.4 Å². The van der Waals surface area contributed by atoms with Crippen molar-refractivity contribution in [2.45, 2.75) is 0 Å². The van der Waals surface area contributed by atoms with Crippen molar-refractivity contribution in [1.82, 2.24) is 20.1 Å². The average molecular weight is 420 g/mol. The number of hydrogen-bond acceptors (Lipinski definition) is 8. The highest BCUT2D eigenvalue weighted by Crippen LogP contribution is 2.24. The van der Waals surface area contributed by atoms with Crippen LogP contribution in [0, 0.1) is 0 Å². The number of carbonyl (C=O) groups is 1. The molecule has 1 amide bonds. The zero-order valence-corrected chi connectivity index (χ0v) is 17.5. The number of benzene rings is 1. The summed E-state index contributed by atoms with van der Waals surface area (Å²) < 4.78 is 10.5. The molecule has 4 rings (SSSR count). The Morgan fingerprint density at radius 1 is 0.903 bits per heavy atom. The lowest BCUT2D eigenvalue weighted by atomic mass is 10.1. The maximum Gasteiger partial charge on any atom is 0.254 e. The summed E-state index contributed by atoms with van der Waals surface area (Å²) in [6.07, 6.45) is 1.71. The fraction of sp³-hybridized carbons (Fsp3) is 0.273. The number of aromatic nitrogens is 3. The van der Waals surface area contributed by atoms with Crippen LogP contribution in [-0.4, -0.2) is 66.4 Å². The van der Waals surface area contributed by atoms with Crippen LogP contribution in [0.1, 0.15) is 10.4 Å². The molecule has 0 saturated carbocycles. The summed E-state index contributed by atoms with van der Waals surface area (Å²) >= 11 is 0. The van der Waals surface area contributed by atoms with E-state index in [2.05, 4.69) is 25.4 Å². The Kier molecular flexibility index (Phi) is 6.11. The van der Waals surface area contributed by atoms with E-state index in [1.807, 2.05) is 35.2 Å². The zero-order valence-electron chi connectivity index (χ0n) is 17.5. The van der Waals surface area contributed by atoms with Gasteiger partial charge in [0.15, 0.2) is 11.6 Å². The highest BCUT2D eigenvalue weighted by molar-refractivity contribution is 5.95. The van der Waals surface area contributed by atoms with Gasteiger partial charge >= 0.3 is 0 Å². The van der Waals surface area contributed by atoms with Crippen molar-refractivity contribution < 1.29 is 14.3 Å². The third-order valence-electron chi connectivity index (χ3n) is 5.06. The van der Waals surface area contributed by atoms with Gasteiger partial charge in [-0.15, -0.1) is 10.2 Å². The van der Waals surface area contributed by atoms with Gasteiger partial charge < -0.3 is 24.6 Å². The summed E-state index contributed by atoms with van der Waals surface area (Å²) in [5, 5.41) is 11.7. The molecule has 160 valence electrons. The second-order valence-electron chi connectivity index (χ2n) is 7.00. The van der Waals surface area contributed by atoms with Gasteiger partial charge in [-0.2, -0.15) is 0 Å². The van der Waals surface area contributed by atoms with Crippen LogP contribution in [0.15, 0.2) is 54.7 Å². The predicted molar refractivity (Wildman–Crippen MR) is 117 cm³/mol. The summed E-state index contributed by atoms with van der Waals surface area (Å²) in [7, 11) is 3.14. The number of pyridine rings is 1. The predicted octanol–water partition coefficient (Wildman–Crippen LogP) is 2.59. The number of hydrogen-bond donors (Lipinski definition) is 1. The number of carbonyl (C=O) groups excluding carboxylic acids is 1. The van der Waals surface area contributed by atoms with Crippen LogP contribution in [0.5, 0.6) is 11.5 Å². The molecule has 1 saturated heterocycles. The maximum atomic E-state index is 13.0. The lowest BCUT2D eigenvalue weighted by molar-refractivity contribution is 0.0745. The second kappa shape index (κ2) is 9.29. The van der Waals surface area contributed by atoms with E-state index >= 15 is 0 Å². The summed E-state index contributed by atoms with van der Waals surface area (Å²) in [5.74, 6) is 3.26. The van der Waals surface area contributed by atoms with E-state index < -0.39 is 0 Å². The van der Waals surface area contributed by atoms with E-state index in [1.165, 1.54) is 0 Å². The largest absolute Gasteiger partial charge is 0.497 e. The summed E-state index contributed by atoms with van der Waals surface area (Å²) in [6.45, 7) is 2.53. The Balaban J connectivity index is 1.37. The number of piperazine rings is 1. The highest BCUT2D eigenvalue weighted by atomic mass is 16.5. The smallest absolute Gasteiger partial charge is 0.254 e. The Morgan fingerprint density at radius 2 is 1.65 bits per heavy atom. The van der Waals surface area contributed by atoms with Crippen LogP contribution in [0.2, 0.25) is 0 Å². The SMILES string of the molecule is COc1cc(OC)cc(C(=O)N2CCN(c3ccc(Nc4ccccn4)nn3)CC2)c1. The molecule has 9 nitrogen and oxygen atoms in total. The molecule has 1 aromatic carbocycles. The van der Waals surface area contributed by atoms with Crippen LogP contribution in [0.4, 0.5) is 17.5 Å². The van der Waals surface area contributed by atoms with Gasteiger partial charge in [-0.1, -0.05) is 6.07 Å². The number of nitrogens with zero attached hydrogens (tertiary/aromatic N) is 5. The standard InChI is InChI=1S/C22H24N6O3/c1-30-17-13-16(14-18(15-17)31-2)22(29)28-11-9-27(10-12-28)21-7-6-20(25-26-21)24-19-5-3-4-8-23-19/h3-8,13-15H,9-12H2,1-2H3,(H,23,24,25). The Morgan fingerprint density at radius 3 is 2.23 bits per heavy atom. The van der Waals surface area contributed by atoms with Crippen molar-refractivity contribution in [2.75, 3.05) is 50.6 Å². The van der Waals surface area contributed by atoms with Crippen molar-refractivity contribution in [3.63, 3.8) is 0 Å². The molecule has 1 aliphatic heterocycles. The molecule has 0 atom stereocenters. The molecule has 0 radical (unpaired) electrons. The van der Waals surface area contributed by atoms with Crippen LogP contribution in [0.25, 0.3) is 0 Å². The van der Waals surface area contributed by atoms with E-state index in [9.17, 15) is 4.79 Å². The first-order valence-corrected chi connectivity index (χ1v) is 9.95. The lowest BCUT2D eigenvalue weighted by Crippen LogP contribution is -2.49. The number of methoxy groups -OCH3 is 2. The number of amides is 1. The summed E-state index contributed by atoms with van der Waals surface area (Å²) in [6, 6.07) is 14.6. The Labute approximate surface area is 180 Å². The van der Waals surface area contributed by atoms with Crippen LogP contribution >= 0.6 is 0 Å². The van der Waals surface area contributed by atoms with E-state index in [1.54, 1.807) is 38.6 Å².